The van der Waals surface area contributed by atoms with Gasteiger partial charge >= 0.3 is 65.3 Å². The average Bonchev–Trinajstić information content (AvgIpc) is 1.36. The van der Waals surface area contributed by atoms with Gasteiger partial charge in [0, 0.05) is 0 Å². The summed E-state index contributed by atoms with van der Waals surface area (Å²) in [6.07, 6.45) is 0. The van der Waals surface area contributed by atoms with Crippen molar-refractivity contribution in [2.24, 2.45) is 0 Å². The van der Waals surface area contributed by atoms with Crippen molar-refractivity contribution in [3.63, 3.8) is 0 Å². The summed E-state index contributed by atoms with van der Waals surface area (Å²) in [5.74, 6) is 0. The van der Waals surface area contributed by atoms with Crippen LogP contribution < -0.4 is 33.5 Å². The first-order valence-electron chi connectivity index (χ1n) is 0.888. The second-order valence-electron chi connectivity index (χ2n) is 0.447. The van der Waals surface area contributed by atoms with Crippen molar-refractivity contribution < 1.29 is 84.6 Å². The first-order chi connectivity index (χ1) is 3.00. The molecule has 4 nitrogen and oxygen atoms in total. The van der Waals surface area contributed by atoms with Gasteiger partial charge in [0.05, 0.1) is 0 Å². The molecule has 9 heavy (non-hydrogen) atoms. The Morgan fingerprint density at radius 3 is 1.22 bits per heavy atom. The molecule has 0 aromatic carbocycles. The summed E-state index contributed by atoms with van der Waals surface area (Å²) in [5, 5.41) is 0. The molecule has 0 heterocycles. The van der Waals surface area contributed by atoms with E-state index >= 15 is 0 Å². The molecule has 0 saturated carbocycles. The van der Waals surface area contributed by atoms with Gasteiger partial charge in [-0.15, -0.1) is 0 Å². The fourth-order valence-corrected chi connectivity index (χ4v) is 0. The van der Waals surface area contributed by atoms with Crippen LogP contribution in [0.5, 0.6) is 0 Å². The van der Waals surface area contributed by atoms with E-state index in [9.17, 15) is 0 Å². The second-order valence-corrected chi connectivity index (χ2v) is 1.34. The fourth-order valence-electron chi connectivity index (χ4n) is 0. The summed E-state index contributed by atoms with van der Waals surface area (Å²) in [7, 11) is -5.39. The maximum atomic E-state index is 8.55. The third-order valence-electron chi connectivity index (χ3n) is 0. The number of hydrogen-bond acceptors (Lipinski definition) is 4. The van der Waals surface area contributed by atoms with Gasteiger partial charge in [-0.05, 0) is 0 Å². The van der Waals surface area contributed by atoms with Crippen LogP contribution >= 0.6 is 7.82 Å². The van der Waals surface area contributed by atoms with Crippen molar-refractivity contribution in [2.75, 3.05) is 0 Å². The quantitative estimate of drug-likeness (QED) is 0.322. The van der Waals surface area contributed by atoms with Crippen molar-refractivity contribution in [3.05, 3.63) is 0 Å². The van der Waals surface area contributed by atoms with Crippen LogP contribution in [0.15, 0.2) is 0 Å². The van der Waals surface area contributed by atoms with Gasteiger partial charge in [0.25, 0.3) is 0 Å². The predicted octanol–water partition coefficient (Wildman–Crippen LogP) is -5.83. The molecular weight excluding hydrogens is 264 g/mol. The maximum absolute atomic E-state index is 8.55. The summed E-state index contributed by atoms with van der Waals surface area (Å²) in [4.78, 5) is 25.6. The molecule has 0 aliphatic rings. The number of phosphoric acid groups is 1. The van der Waals surface area contributed by atoms with E-state index in [0.29, 0.717) is 0 Å². The Kier molecular flexibility index (Phi) is 32.4. The third-order valence-corrected chi connectivity index (χ3v) is 0. The van der Waals surface area contributed by atoms with Crippen molar-refractivity contribution in [1.82, 2.24) is 0 Å². The van der Waals surface area contributed by atoms with E-state index in [0.717, 1.165) is 0 Å². The molecule has 0 N–H and O–H groups in total. The van der Waals surface area contributed by atoms with E-state index in [1.165, 1.54) is 0 Å². The van der Waals surface area contributed by atoms with Crippen LogP contribution in [0.25, 0.3) is 0 Å². The van der Waals surface area contributed by atoms with E-state index in [4.69, 9.17) is 19.2 Å². The minimum absolute atomic E-state index is 0. The van der Waals surface area contributed by atoms with Crippen molar-refractivity contribution in [2.45, 2.75) is 0 Å². The van der Waals surface area contributed by atoms with Crippen LogP contribution in [0.1, 0.15) is 0 Å². The number of rotatable bonds is 0. The molecule has 1 radical (unpaired) electrons. The monoisotopic (exact) mass is 264 g/mol. The summed E-state index contributed by atoms with van der Waals surface area (Å²) in [5.41, 5.74) is 0. The van der Waals surface area contributed by atoms with Crippen molar-refractivity contribution >= 4 is 7.82 Å². The first kappa shape index (κ1) is 22.5. The van der Waals surface area contributed by atoms with E-state index < -0.39 is 7.82 Å². The molecule has 0 aliphatic carbocycles. The van der Waals surface area contributed by atoms with Crippen LogP contribution in [0.4, 0.5) is 0 Å². The molecule has 0 bridgehead atoms. The first-order valence-corrected chi connectivity index (χ1v) is 4.88. The normalized spacial score (nSPS) is 7.11. The molecular formula is FeLiMnO4PV. The fraction of sp³-hybridized carbons (Fsp3) is 0. The molecule has 0 aliphatic heterocycles. The third kappa shape index (κ3) is 132. The van der Waals surface area contributed by atoms with Crippen LogP contribution in [-0.4, -0.2) is 0 Å². The van der Waals surface area contributed by atoms with Gasteiger partial charge < -0.3 is 19.2 Å². The average molecular weight is 264 g/mol. The Morgan fingerprint density at radius 1 is 1.22 bits per heavy atom. The molecule has 0 rings (SSSR count). The minimum atomic E-state index is -5.39. The summed E-state index contributed by atoms with van der Waals surface area (Å²) >= 11 is 5.25. The molecule has 0 aromatic heterocycles. The summed E-state index contributed by atoms with van der Waals surface area (Å²) < 4.78 is 8.55. The predicted molar refractivity (Wildman–Crippen MR) is 7.61 cm³/mol. The zero-order chi connectivity index (χ0) is 6.50. The standard InChI is InChI=1S/Fe.Li.Mn.H3O4P.V/c;;;1-5(2,3)4;/h;;;(H3,1,2,3,4);/q;+1;+2;;/p-3. The molecule has 0 fully saturated rings. The van der Waals surface area contributed by atoms with Gasteiger partial charge in [0.15, 0.2) is 0 Å². The molecule has 50 valence electrons. The van der Waals surface area contributed by atoms with Gasteiger partial charge in [-0.3, -0.25) is 0 Å². The molecule has 9 heteroatoms. The van der Waals surface area contributed by atoms with Gasteiger partial charge in [-0.25, -0.2) is 0 Å². The second kappa shape index (κ2) is 13.0. The Labute approximate surface area is 91.6 Å². The molecule has 0 aromatic rings. The van der Waals surface area contributed by atoms with E-state index in [2.05, 4.69) is 29.4 Å². The Hall–Kier alpha value is 2.33. The van der Waals surface area contributed by atoms with Gasteiger partial charge in [-0.1, -0.05) is 0 Å². The van der Waals surface area contributed by atoms with E-state index in [1.54, 1.807) is 0 Å². The SMILES string of the molecule is O=P([O-])([O-])[O-].[Li+].[Mn+2].[V][Fe]. The van der Waals surface area contributed by atoms with Crippen LogP contribution in [0.2, 0.25) is 0 Å². The molecule has 0 amide bonds. The van der Waals surface area contributed by atoms with Crippen LogP contribution in [0, 0.1) is 0 Å². The molecule has 0 atom stereocenters. The van der Waals surface area contributed by atoms with Gasteiger partial charge in [-0.2, -0.15) is 7.82 Å². The van der Waals surface area contributed by atoms with Gasteiger partial charge in [0.1, 0.15) is 0 Å². The van der Waals surface area contributed by atoms with Crippen LogP contribution in [0.3, 0.4) is 0 Å². The zero-order valence-electron chi connectivity index (χ0n) is 4.26. The molecule has 0 spiro atoms. The van der Waals surface area contributed by atoms with Crippen molar-refractivity contribution in [1.29, 1.82) is 0 Å². The summed E-state index contributed by atoms with van der Waals surface area (Å²) in [6, 6.07) is 0. The van der Waals surface area contributed by atoms with E-state index in [-0.39, 0.29) is 35.9 Å². The summed E-state index contributed by atoms with van der Waals surface area (Å²) in [6.45, 7) is 0. The van der Waals surface area contributed by atoms with Crippen molar-refractivity contribution in [3.8, 4) is 0 Å². The number of hydrogen-bond donors (Lipinski definition) is 0. The molecule has 0 unspecified atom stereocenters. The Bertz CT molecular complexity index is 66.7. The Balaban J connectivity index is -0.0000000286. The molecule has 0 saturated heterocycles. The van der Waals surface area contributed by atoms with Gasteiger partial charge in [0.2, 0.25) is 0 Å². The van der Waals surface area contributed by atoms with E-state index in [1.807, 2.05) is 0 Å². The zero-order valence-corrected chi connectivity index (χ0v) is 8.83. The Morgan fingerprint density at radius 2 is 1.22 bits per heavy atom. The van der Waals surface area contributed by atoms with Crippen LogP contribution in [-0.2, 0) is 51.0 Å². The topological polar surface area (TPSA) is 86.2 Å².